The highest BCUT2D eigenvalue weighted by Crippen LogP contribution is 2.07. The maximum atomic E-state index is 11.3. The molecule has 1 rings (SSSR count). The molecular formula is C10H15NO2. The number of carbonyl (C=O) groups excluding carboxylic acids is 1. The third-order valence-electron chi connectivity index (χ3n) is 1.93. The lowest BCUT2D eigenvalue weighted by atomic mass is 10.1. The lowest BCUT2D eigenvalue weighted by molar-refractivity contribution is 0.0945. The molecule has 0 unspecified atom stereocenters. The van der Waals surface area contributed by atoms with Gasteiger partial charge in [-0.1, -0.05) is 26.2 Å². The number of nitrogens with zero attached hydrogens (tertiary/aromatic N) is 1. The van der Waals surface area contributed by atoms with Crippen molar-refractivity contribution >= 4 is 5.78 Å². The molecule has 0 amide bonds. The van der Waals surface area contributed by atoms with Crippen molar-refractivity contribution in [2.24, 2.45) is 0 Å². The summed E-state index contributed by atoms with van der Waals surface area (Å²) >= 11 is 0. The molecule has 0 atom stereocenters. The van der Waals surface area contributed by atoms with E-state index < -0.39 is 0 Å². The minimum atomic E-state index is 0.0149. The average molecular weight is 181 g/mol. The fourth-order valence-electron chi connectivity index (χ4n) is 1.18. The van der Waals surface area contributed by atoms with Gasteiger partial charge in [-0.2, -0.15) is 0 Å². The van der Waals surface area contributed by atoms with Crippen LogP contribution in [-0.2, 0) is 0 Å². The van der Waals surface area contributed by atoms with E-state index in [0.717, 1.165) is 12.8 Å². The van der Waals surface area contributed by atoms with Gasteiger partial charge in [0.25, 0.3) is 5.89 Å². The zero-order chi connectivity index (χ0) is 9.52. The molecule has 0 fully saturated rings. The first-order chi connectivity index (χ1) is 6.34. The first kappa shape index (κ1) is 9.96. The molecule has 0 aliphatic heterocycles. The Hall–Kier alpha value is -1.12. The molecule has 0 saturated heterocycles. The van der Waals surface area contributed by atoms with Crippen LogP contribution in [0.15, 0.2) is 16.9 Å². The number of unbranched alkanes of at least 4 members (excludes halogenated alkanes) is 3. The molecule has 0 aliphatic carbocycles. The Labute approximate surface area is 78.2 Å². The van der Waals surface area contributed by atoms with Crippen LogP contribution in [0.25, 0.3) is 0 Å². The van der Waals surface area contributed by atoms with E-state index in [-0.39, 0.29) is 11.7 Å². The van der Waals surface area contributed by atoms with E-state index in [9.17, 15) is 4.79 Å². The van der Waals surface area contributed by atoms with E-state index in [1.807, 2.05) is 0 Å². The highest BCUT2D eigenvalue weighted by atomic mass is 16.3. The molecule has 0 bridgehead atoms. The Morgan fingerprint density at radius 2 is 2.31 bits per heavy atom. The third kappa shape index (κ3) is 3.40. The molecule has 1 aromatic heterocycles. The highest BCUT2D eigenvalue weighted by molar-refractivity contribution is 5.91. The molecule has 0 radical (unpaired) electrons. The molecule has 0 saturated carbocycles. The second kappa shape index (κ2) is 5.51. The van der Waals surface area contributed by atoms with Crippen LogP contribution < -0.4 is 0 Å². The van der Waals surface area contributed by atoms with Crippen LogP contribution in [0, 0.1) is 0 Å². The minimum Gasteiger partial charge on any atom is -0.442 e. The van der Waals surface area contributed by atoms with Gasteiger partial charge in [0.1, 0.15) is 6.26 Å². The summed E-state index contributed by atoms with van der Waals surface area (Å²) in [4.78, 5) is 15.1. The summed E-state index contributed by atoms with van der Waals surface area (Å²) in [5, 5.41) is 0. The van der Waals surface area contributed by atoms with Crippen molar-refractivity contribution in [1.82, 2.24) is 4.98 Å². The SMILES string of the molecule is CCCCCCC(=O)c1ncco1. The Morgan fingerprint density at radius 1 is 1.46 bits per heavy atom. The molecule has 3 heteroatoms. The Morgan fingerprint density at radius 3 is 2.92 bits per heavy atom. The van der Waals surface area contributed by atoms with Crippen LogP contribution >= 0.6 is 0 Å². The van der Waals surface area contributed by atoms with Crippen LogP contribution in [0.4, 0.5) is 0 Å². The number of hydrogen-bond donors (Lipinski definition) is 0. The van der Waals surface area contributed by atoms with Crippen LogP contribution in [-0.4, -0.2) is 10.8 Å². The number of hydrogen-bond acceptors (Lipinski definition) is 3. The van der Waals surface area contributed by atoms with Crippen molar-refractivity contribution in [3.63, 3.8) is 0 Å². The molecule has 0 N–H and O–H groups in total. The summed E-state index contributed by atoms with van der Waals surface area (Å²) in [6.45, 7) is 2.15. The van der Waals surface area contributed by atoms with Gasteiger partial charge in [0.15, 0.2) is 0 Å². The van der Waals surface area contributed by atoms with Gasteiger partial charge in [-0.15, -0.1) is 0 Å². The predicted molar refractivity (Wildman–Crippen MR) is 49.6 cm³/mol. The van der Waals surface area contributed by atoms with Crippen LogP contribution in [0.2, 0.25) is 0 Å². The van der Waals surface area contributed by atoms with Gasteiger partial charge in [-0.05, 0) is 6.42 Å². The maximum absolute atomic E-state index is 11.3. The standard InChI is InChI=1S/C10H15NO2/c1-2-3-4-5-6-9(12)10-11-7-8-13-10/h7-8H,2-6H2,1H3. The van der Waals surface area contributed by atoms with Gasteiger partial charge in [0.2, 0.25) is 5.78 Å². The van der Waals surface area contributed by atoms with Gasteiger partial charge in [-0.3, -0.25) is 4.79 Å². The average Bonchev–Trinajstić information content (AvgIpc) is 2.65. The molecule has 0 aliphatic rings. The van der Waals surface area contributed by atoms with Crippen molar-refractivity contribution in [3.05, 3.63) is 18.4 Å². The third-order valence-corrected chi connectivity index (χ3v) is 1.93. The lowest BCUT2D eigenvalue weighted by Crippen LogP contribution is -1.98. The van der Waals surface area contributed by atoms with Gasteiger partial charge in [0.05, 0.1) is 6.20 Å². The summed E-state index contributed by atoms with van der Waals surface area (Å²) in [6.07, 6.45) is 7.92. The quantitative estimate of drug-likeness (QED) is 0.500. The van der Waals surface area contributed by atoms with Crippen molar-refractivity contribution < 1.29 is 9.21 Å². The molecule has 0 spiro atoms. The summed E-state index contributed by atoms with van der Waals surface area (Å²) in [7, 11) is 0. The van der Waals surface area contributed by atoms with E-state index in [0.29, 0.717) is 6.42 Å². The van der Waals surface area contributed by atoms with Crippen LogP contribution in [0.1, 0.15) is 49.7 Å². The number of carbonyl (C=O) groups is 1. The highest BCUT2D eigenvalue weighted by Gasteiger charge is 2.08. The normalized spacial score (nSPS) is 10.2. The van der Waals surface area contributed by atoms with E-state index >= 15 is 0 Å². The number of Topliss-reactive ketones (excluding diaryl/α,β-unsaturated/α-hetero) is 1. The van der Waals surface area contributed by atoms with Gasteiger partial charge < -0.3 is 4.42 Å². The van der Waals surface area contributed by atoms with Crippen LogP contribution in [0.5, 0.6) is 0 Å². The summed E-state index contributed by atoms with van der Waals surface area (Å²) in [5.41, 5.74) is 0. The fourth-order valence-corrected chi connectivity index (χ4v) is 1.18. The minimum absolute atomic E-state index is 0.0149. The van der Waals surface area contributed by atoms with Crippen molar-refractivity contribution in [2.75, 3.05) is 0 Å². The molecule has 3 nitrogen and oxygen atoms in total. The molecule has 1 heterocycles. The Kier molecular flexibility index (Phi) is 4.23. The molecule has 13 heavy (non-hydrogen) atoms. The number of rotatable bonds is 6. The monoisotopic (exact) mass is 181 g/mol. The summed E-state index contributed by atoms with van der Waals surface area (Å²) in [5.74, 6) is 0.262. The van der Waals surface area contributed by atoms with Crippen molar-refractivity contribution in [2.45, 2.75) is 39.0 Å². The Bertz CT molecular complexity index is 241. The van der Waals surface area contributed by atoms with E-state index in [4.69, 9.17) is 4.42 Å². The summed E-state index contributed by atoms with van der Waals surface area (Å²) in [6, 6.07) is 0. The molecule has 0 aromatic carbocycles. The van der Waals surface area contributed by atoms with Crippen LogP contribution in [0.3, 0.4) is 0 Å². The van der Waals surface area contributed by atoms with E-state index in [1.54, 1.807) is 0 Å². The van der Waals surface area contributed by atoms with E-state index in [1.165, 1.54) is 25.3 Å². The number of aromatic nitrogens is 1. The number of oxazole rings is 1. The topological polar surface area (TPSA) is 43.1 Å². The maximum Gasteiger partial charge on any atom is 0.263 e. The number of ketones is 1. The second-order valence-electron chi connectivity index (χ2n) is 3.07. The van der Waals surface area contributed by atoms with Gasteiger partial charge >= 0.3 is 0 Å². The van der Waals surface area contributed by atoms with E-state index in [2.05, 4.69) is 11.9 Å². The second-order valence-corrected chi connectivity index (χ2v) is 3.07. The molecule has 72 valence electrons. The van der Waals surface area contributed by atoms with Gasteiger partial charge in [0, 0.05) is 6.42 Å². The molecule has 1 aromatic rings. The zero-order valence-corrected chi connectivity index (χ0v) is 7.95. The van der Waals surface area contributed by atoms with Gasteiger partial charge in [-0.25, -0.2) is 4.98 Å². The smallest absolute Gasteiger partial charge is 0.263 e. The predicted octanol–water partition coefficient (Wildman–Crippen LogP) is 2.83. The first-order valence-electron chi connectivity index (χ1n) is 4.77. The zero-order valence-electron chi connectivity index (χ0n) is 7.95. The first-order valence-corrected chi connectivity index (χ1v) is 4.77. The largest absolute Gasteiger partial charge is 0.442 e. The summed E-state index contributed by atoms with van der Waals surface area (Å²) < 4.78 is 4.89. The van der Waals surface area contributed by atoms with Crippen molar-refractivity contribution in [3.8, 4) is 0 Å². The lowest BCUT2D eigenvalue weighted by Gasteiger charge is -1.96. The van der Waals surface area contributed by atoms with Crippen molar-refractivity contribution in [1.29, 1.82) is 0 Å². The molecular weight excluding hydrogens is 166 g/mol. The Balaban J connectivity index is 2.19. The fraction of sp³-hybridized carbons (Fsp3) is 0.600.